The van der Waals surface area contributed by atoms with Crippen LogP contribution in [-0.2, 0) is 24.2 Å². The quantitative estimate of drug-likeness (QED) is 0.679. The molecule has 0 unspecified atom stereocenters. The van der Waals surface area contributed by atoms with Crippen molar-refractivity contribution < 1.29 is 27.5 Å². The second-order valence-electron chi connectivity index (χ2n) is 8.14. The van der Waals surface area contributed by atoms with Gasteiger partial charge in [-0.05, 0) is 38.3 Å². The molecular weight excluding hydrogens is 422 g/mol. The number of hydrogen-bond acceptors (Lipinski definition) is 6. The zero-order chi connectivity index (χ0) is 22.6. The predicted molar refractivity (Wildman–Crippen MR) is 115 cm³/mol. The molecule has 0 aliphatic carbocycles. The van der Waals surface area contributed by atoms with Crippen molar-refractivity contribution in [3.8, 4) is 0 Å². The van der Waals surface area contributed by atoms with Crippen LogP contribution in [0.3, 0.4) is 0 Å². The minimum absolute atomic E-state index is 0.0561. The molecule has 3 rings (SSSR count). The number of anilines is 1. The number of rotatable bonds is 5. The number of hydrogen-bond donors (Lipinski definition) is 1. The maximum atomic E-state index is 12.6. The Hall–Kier alpha value is -2.62. The highest BCUT2D eigenvalue weighted by atomic mass is 32.2. The number of likely N-dealkylation sites (N-methyl/N-ethyl adjacent to an activating group) is 1. The van der Waals surface area contributed by atoms with Crippen LogP contribution in [0.2, 0.25) is 0 Å². The van der Waals surface area contributed by atoms with Crippen molar-refractivity contribution in [2.24, 2.45) is 5.92 Å². The van der Waals surface area contributed by atoms with Gasteiger partial charge in [-0.2, -0.15) is 0 Å². The fraction of sp³-hybridized carbons (Fsp3) is 0.571. The van der Waals surface area contributed by atoms with Crippen LogP contribution >= 0.6 is 0 Å². The van der Waals surface area contributed by atoms with Crippen LogP contribution in [0.25, 0.3) is 0 Å². The number of sulfone groups is 1. The van der Waals surface area contributed by atoms with Gasteiger partial charge in [0.15, 0.2) is 15.9 Å². The van der Waals surface area contributed by atoms with Gasteiger partial charge in [-0.1, -0.05) is 18.2 Å². The van der Waals surface area contributed by atoms with Gasteiger partial charge in [-0.15, -0.1) is 0 Å². The van der Waals surface area contributed by atoms with Crippen LogP contribution in [0.5, 0.6) is 0 Å². The number of esters is 1. The molecule has 3 amide bonds. The average molecular weight is 452 g/mol. The van der Waals surface area contributed by atoms with E-state index in [2.05, 4.69) is 5.32 Å². The maximum Gasteiger partial charge on any atom is 0.321 e. The Morgan fingerprint density at radius 1 is 1.13 bits per heavy atom. The smallest absolute Gasteiger partial charge is 0.321 e. The first-order valence-corrected chi connectivity index (χ1v) is 12.3. The minimum atomic E-state index is -3.11. The molecule has 170 valence electrons. The molecule has 2 aliphatic rings. The molecule has 2 heterocycles. The second kappa shape index (κ2) is 9.67. The number of carbonyl (C=O) groups excluding carboxylic acids is 3. The van der Waals surface area contributed by atoms with Gasteiger partial charge in [0, 0.05) is 31.9 Å². The number of piperidine rings is 1. The van der Waals surface area contributed by atoms with Crippen LogP contribution in [0.1, 0.15) is 26.2 Å². The number of nitrogens with zero attached hydrogens (tertiary/aromatic N) is 2. The molecule has 9 nitrogen and oxygen atoms in total. The molecule has 2 aliphatic heterocycles. The third-order valence-electron chi connectivity index (χ3n) is 5.89. The predicted octanol–water partition coefficient (Wildman–Crippen LogP) is 1.51. The Balaban J connectivity index is 1.45. The zero-order valence-corrected chi connectivity index (χ0v) is 18.6. The molecule has 0 bridgehead atoms. The molecule has 0 saturated carbocycles. The Morgan fingerprint density at radius 3 is 2.35 bits per heavy atom. The van der Waals surface area contributed by atoms with Crippen molar-refractivity contribution in [1.82, 2.24) is 9.80 Å². The number of ether oxygens (including phenoxy) is 1. The van der Waals surface area contributed by atoms with E-state index in [1.165, 1.54) is 11.8 Å². The fourth-order valence-electron chi connectivity index (χ4n) is 3.91. The first kappa shape index (κ1) is 23.1. The van der Waals surface area contributed by atoms with Gasteiger partial charge in [-0.25, -0.2) is 13.2 Å². The summed E-state index contributed by atoms with van der Waals surface area (Å²) in [5.41, 5.74) is 0.709. The SMILES string of the molecule is C[C@H](OC(=O)C1CCN(C(=O)Nc2ccccc2)CC1)C(=O)N(C)[C@H]1CCS(=O)(=O)C1. The summed E-state index contributed by atoms with van der Waals surface area (Å²) < 4.78 is 28.7. The van der Waals surface area contributed by atoms with E-state index in [0.29, 0.717) is 38.0 Å². The highest BCUT2D eigenvalue weighted by Crippen LogP contribution is 2.22. The lowest BCUT2D eigenvalue weighted by molar-refractivity contribution is -0.163. The lowest BCUT2D eigenvalue weighted by Crippen LogP contribution is -2.46. The molecule has 2 saturated heterocycles. The number of urea groups is 1. The fourth-order valence-corrected chi connectivity index (χ4v) is 5.69. The van der Waals surface area contributed by atoms with Gasteiger partial charge in [0.1, 0.15) is 0 Å². The number of likely N-dealkylation sites (tertiary alicyclic amines) is 1. The molecule has 0 spiro atoms. The van der Waals surface area contributed by atoms with E-state index in [-0.39, 0.29) is 29.5 Å². The van der Waals surface area contributed by atoms with Crippen LogP contribution < -0.4 is 5.32 Å². The van der Waals surface area contributed by atoms with Gasteiger partial charge in [0.25, 0.3) is 5.91 Å². The van der Waals surface area contributed by atoms with E-state index in [0.717, 1.165) is 0 Å². The minimum Gasteiger partial charge on any atom is -0.452 e. The normalized spacial score (nSPS) is 21.9. The number of amides is 3. The van der Waals surface area contributed by atoms with Crippen LogP contribution in [-0.4, -0.2) is 79.9 Å². The molecule has 1 aromatic rings. The number of benzene rings is 1. The van der Waals surface area contributed by atoms with Crippen molar-refractivity contribution in [3.63, 3.8) is 0 Å². The van der Waals surface area contributed by atoms with Crippen molar-refractivity contribution in [2.75, 3.05) is 37.0 Å². The van der Waals surface area contributed by atoms with Crippen molar-refractivity contribution in [2.45, 2.75) is 38.3 Å². The van der Waals surface area contributed by atoms with Crippen LogP contribution in [0.4, 0.5) is 10.5 Å². The number of nitrogens with one attached hydrogen (secondary N) is 1. The monoisotopic (exact) mass is 451 g/mol. The Kier molecular flexibility index (Phi) is 7.19. The molecule has 10 heteroatoms. The zero-order valence-electron chi connectivity index (χ0n) is 17.8. The summed E-state index contributed by atoms with van der Waals surface area (Å²) >= 11 is 0. The molecule has 2 atom stereocenters. The van der Waals surface area contributed by atoms with Crippen molar-refractivity contribution >= 4 is 33.4 Å². The molecule has 1 aromatic carbocycles. The molecule has 0 radical (unpaired) electrons. The number of para-hydroxylation sites is 1. The Bertz CT molecular complexity index is 912. The summed E-state index contributed by atoms with van der Waals surface area (Å²) in [4.78, 5) is 40.5. The summed E-state index contributed by atoms with van der Waals surface area (Å²) in [5.74, 6) is -1.24. The van der Waals surface area contributed by atoms with Gasteiger partial charge >= 0.3 is 12.0 Å². The Morgan fingerprint density at radius 2 is 1.77 bits per heavy atom. The molecule has 1 N–H and O–H groups in total. The van der Waals surface area contributed by atoms with Gasteiger partial charge < -0.3 is 19.9 Å². The molecule has 31 heavy (non-hydrogen) atoms. The third-order valence-corrected chi connectivity index (χ3v) is 7.64. The molecule has 0 aromatic heterocycles. The van der Waals surface area contributed by atoms with E-state index in [4.69, 9.17) is 4.74 Å². The van der Waals surface area contributed by atoms with Gasteiger partial charge in [0.2, 0.25) is 0 Å². The van der Waals surface area contributed by atoms with Crippen LogP contribution in [0.15, 0.2) is 30.3 Å². The standard InChI is InChI=1S/C21H29N3O6S/c1-15(19(25)23(2)18-10-13-31(28,29)14-18)30-20(26)16-8-11-24(12-9-16)21(27)22-17-6-4-3-5-7-17/h3-7,15-16,18H,8-14H2,1-2H3,(H,22,27)/t15-,18-/m0/s1. The summed E-state index contributed by atoms with van der Waals surface area (Å²) in [7, 11) is -1.57. The molecule has 2 fully saturated rings. The first-order chi connectivity index (χ1) is 14.7. The second-order valence-corrected chi connectivity index (χ2v) is 10.4. The van der Waals surface area contributed by atoms with Crippen LogP contribution in [0, 0.1) is 5.92 Å². The highest BCUT2D eigenvalue weighted by molar-refractivity contribution is 7.91. The summed E-state index contributed by atoms with van der Waals surface area (Å²) in [6.45, 7) is 2.34. The van der Waals surface area contributed by atoms with Crippen molar-refractivity contribution in [1.29, 1.82) is 0 Å². The summed E-state index contributed by atoms with van der Waals surface area (Å²) in [6.07, 6.45) is 0.326. The lowest BCUT2D eigenvalue weighted by atomic mass is 9.97. The molecular formula is C21H29N3O6S. The Labute approximate surface area is 182 Å². The topological polar surface area (TPSA) is 113 Å². The maximum absolute atomic E-state index is 12.6. The summed E-state index contributed by atoms with van der Waals surface area (Å²) in [6, 6.07) is 8.55. The van der Waals surface area contributed by atoms with E-state index >= 15 is 0 Å². The van der Waals surface area contributed by atoms with Gasteiger partial charge in [0.05, 0.1) is 17.4 Å². The van der Waals surface area contributed by atoms with E-state index < -0.39 is 27.8 Å². The van der Waals surface area contributed by atoms with E-state index in [1.807, 2.05) is 18.2 Å². The van der Waals surface area contributed by atoms with E-state index in [1.54, 1.807) is 24.1 Å². The lowest BCUT2D eigenvalue weighted by Gasteiger charge is -2.32. The summed E-state index contributed by atoms with van der Waals surface area (Å²) in [5, 5.41) is 2.83. The number of carbonyl (C=O) groups is 3. The van der Waals surface area contributed by atoms with Gasteiger partial charge in [-0.3, -0.25) is 9.59 Å². The first-order valence-electron chi connectivity index (χ1n) is 10.4. The third kappa shape index (κ3) is 5.96. The largest absolute Gasteiger partial charge is 0.452 e. The van der Waals surface area contributed by atoms with E-state index in [9.17, 15) is 22.8 Å². The average Bonchev–Trinajstić information content (AvgIpc) is 3.13. The van der Waals surface area contributed by atoms with Crippen molar-refractivity contribution in [3.05, 3.63) is 30.3 Å². The highest BCUT2D eigenvalue weighted by Gasteiger charge is 2.36.